The van der Waals surface area contributed by atoms with E-state index in [0.29, 0.717) is 35.1 Å². The Kier molecular flexibility index (Phi) is 5.46. The fourth-order valence-corrected chi connectivity index (χ4v) is 5.57. The van der Waals surface area contributed by atoms with Crippen molar-refractivity contribution in [2.24, 2.45) is 11.7 Å². The van der Waals surface area contributed by atoms with Gasteiger partial charge in [0.1, 0.15) is 5.00 Å². The highest BCUT2D eigenvalue weighted by molar-refractivity contribution is 7.17. The van der Waals surface area contributed by atoms with E-state index < -0.39 is 0 Å². The number of fused-ring (bicyclic) bond motifs is 1. The second kappa shape index (κ2) is 8.01. The summed E-state index contributed by atoms with van der Waals surface area (Å²) < 4.78 is 0. The van der Waals surface area contributed by atoms with Crippen molar-refractivity contribution in [1.82, 2.24) is 9.88 Å². The smallest absolute Gasteiger partial charge is 0.257 e. The van der Waals surface area contributed by atoms with Crippen LogP contribution in [0.2, 0.25) is 0 Å². The quantitative estimate of drug-likeness (QED) is 0.828. The van der Waals surface area contributed by atoms with Gasteiger partial charge < -0.3 is 16.0 Å². The van der Waals surface area contributed by atoms with Gasteiger partial charge in [-0.1, -0.05) is 0 Å². The van der Waals surface area contributed by atoms with E-state index in [4.69, 9.17) is 5.73 Å². The molecule has 0 radical (unpaired) electrons. The van der Waals surface area contributed by atoms with Crippen molar-refractivity contribution < 1.29 is 9.59 Å². The maximum atomic E-state index is 13.5. The SMILES string of the molecule is CC1CC(CN)CN1C(=O)c1c(NC(=O)c2cccnc2)sc2c1CCCC2. The summed E-state index contributed by atoms with van der Waals surface area (Å²) in [6.45, 7) is 3.37. The van der Waals surface area contributed by atoms with Crippen LogP contribution >= 0.6 is 11.3 Å². The Bertz CT molecular complexity index is 880. The lowest BCUT2D eigenvalue weighted by atomic mass is 9.95. The molecule has 4 rings (SSSR count). The summed E-state index contributed by atoms with van der Waals surface area (Å²) in [4.78, 5) is 33.4. The largest absolute Gasteiger partial charge is 0.336 e. The average Bonchev–Trinajstić information content (AvgIpc) is 3.28. The average molecular weight is 399 g/mol. The van der Waals surface area contributed by atoms with Crippen molar-refractivity contribution in [2.75, 3.05) is 18.4 Å². The first-order valence-corrected chi connectivity index (χ1v) is 10.8. The summed E-state index contributed by atoms with van der Waals surface area (Å²) in [5.41, 5.74) is 8.17. The van der Waals surface area contributed by atoms with E-state index in [2.05, 4.69) is 17.2 Å². The molecule has 6 nitrogen and oxygen atoms in total. The summed E-state index contributed by atoms with van der Waals surface area (Å²) in [6.07, 6.45) is 8.21. The number of pyridine rings is 1. The summed E-state index contributed by atoms with van der Waals surface area (Å²) in [5.74, 6) is 0.154. The Morgan fingerprint density at radius 3 is 2.89 bits per heavy atom. The number of anilines is 1. The lowest BCUT2D eigenvalue weighted by Gasteiger charge is -2.23. The fraction of sp³-hybridized carbons (Fsp3) is 0.476. The molecule has 1 fully saturated rings. The van der Waals surface area contributed by atoms with E-state index in [9.17, 15) is 9.59 Å². The molecular formula is C21H26N4O2S. The van der Waals surface area contributed by atoms with Crippen LogP contribution in [0.15, 0.2) is 24.5 Å². The third kappa shape index (κ3) is 3.56. The molecule has 2 aromatic heterocycles. The van der Waals surface area contributed by atoms with E-state index in [-0.39, 0.29) is 17.9 Å². The summed E-state index contributed by atoms with van der Waals surface area (Å²) in [6, 6.07) is 3.63. The van der Waals surface area contributed by atoms with Crippen molar-refractivity contribution in [3.05, 3.63) is 46.1 Å². The van der Waals surface area contributed by atoms with Crippen LogP contribution in [0.5, 0.6) is 0 Å². The third-order valence-corrected chi connectivity index (χ3v) is 7.00. The predicted octanol–water partition coefficient (Wildman–Crippen LogP) is 3.08. The number of amides is 2. The molecule has 7 heteroatoms. The molecule has 148 valence electrons. The number of nitrogens with one attached hydrogen (secondary N) is 1. The van der Waals surface area contributed by atoms with Crippen LogP contribution in [0.3, 0.4) is 0 Å². The molecule has 1 saturated heterocycles. The number of carbonyl (C=O) groups is 2. The van der Waals surface area contributed by atoms with E-state index >= 15 is 0 Å². The first-order valence-electron chi connectivity index (χ1n) is 9.95. The monoisotopic (exact) mass is 398 g/mol. The minimum absolute atomic E-state index is 0.0318. The molecule has 2 aromatic rings. The Balaban J connectivity index is 1.67. The zero-order valence-electron chi connectivity index (χ0n) is 16.1. The molecule has 1 aliphatic carbocycles. The Morgan fingerprint density at radius 2 is 2.18 bits per heavy atom. The standard InChI is InChI=1S/C21H26N4O2S/c1-13-9-14(10-22)12-25(13)21(27)18-16-6-2-3-7-17(16)28-20(18)24-19(26)15-5-4-8-23-11-15/h4-5,8,11,13-14H,2-3,6-7,9-10,12,22H2,1H3,(H,24,26). The molecular weight excluding hydrogens is 372 g/mol. The lowest BCUT2D eigenvalue weighted by Crippen LogP contribution is -2.35. The first-order chi connectivity index (χ1) is 13.6. The maximum absolute atomic E-state index is 13.5. The molecule has 2 amide bonds. The highest BCUT2D eigenvalue weighted by Crippen LogP contribution is 2.40. The summed E-state index contributed by atoms with van der Waals surface area (Å²) in [5, 5.41) is 3.67. The lowest BCUT2D eigenvalue weighted by molar-refractivity contribution is 0.0743. The van der Waals surface area contributed by atoms with Gasteiger partial charge in [0, 0.05) is 29.9 Å². The number of hydrogen-bond acceptors (Lipinski definition) is 5. The van der Waals surface area contributed by atoms with Gasteiger partial charge in [-0.3, -0.25) is 14.6 Å². The molecule has 1 aliphatic heterocycles. The molecule has 0 spiro atoms. The van der Waals surface area contributed by atoms with Crippen molar-refractivity contribution >= 4 is 28.2 Å². The summed E-state index contributed by atoms with van der Waals surface area (Å²) in [7, 11) is 0. The Labute approximate surface area is 169 Å². The van der Waals surface area contributed by atoms with Crippen LogP contribution in [0.4, 0.5) is 5.00 Å². The van der Waals surface area contributed by atoms with Crippen LogP contribution in [0, 0.1) is 5.92 Å². The zero-order valence-corrected chi connectivity index (χ0v) is 16.9. The fourth-order valence-electron chi connectivity index (χ4n) is 4.29. The van der Waals surface area contributed by atoms with Crippen molar-refractivity contribution in [3.63, 3.8) is 0 Å². The molecule has 2 atom stereocenters. The number of nitrogens with two attached hydrogens (primary N) is 1. The molecule has 3 N–H and O–H groups in total. The maximum Gasteiger partial charge on any atom is 0.257 e. The van der Waals surface area contributed by atoms with Crippen LogP contribution in [-0.2, 0) is 12.8 Å². The van der Waals surface area contributed by atoms with E-state index in [1.54, 1.807) is 35.9 Å². The topological polar surface area (TPSA) is 88.3 Å². The van der Waals surface area contributed by atoms with E-state index in [1.165, 1.54) is 4.88 Å². The van der Waals surface area contributed by atoms with Crippen molar-refractivity contribution in [1.29, 1.82) is 0 Å². The highest BCUT2D eigenvalue weighted by Gasteiger charge is 2.36. The van der Waals surface area contributed by atoms with Gasteiger partial charge >= 0.3 is 0 Å². The second-order valence-corrected chi connectivity index (χ2v) is 8.86. The van der Waals surface area contributed by atoms with Gasteiger partial charge in [0.05, 0.1) is 11.1 Å². The van der Waals surface area contributed by atoms with Gasteiger partial charge in [-0.15, -0.1) is 11.3 Å². The van der Waals surface area contributed by atoms with Gasteiger partial charge in [-0.05, 0) is 69.2 Å². The third-order valence-electron chi connectivity index (χ3n) is 5.79. The van der Waals surface area contributed by atoms with Crippen LogP contribution in [-0.4, -0.2) is 40.8 Å². The van der Waals surface area contributed by atoms with Crippen molar-refractivity contribution in [3.8, 4) is 0 Å². The number of nitrogens with zero attached hydrogens (tertiary/aromatic N) is 2. The molecule has 2 aliphatic rings. The first kappa shape index (κ1) is 19.1. The second-order valence-electron chi connectivity index (χ2n) is 7.75. The summed E-state index contributed by atoms with van der Waals surface area (Å²) >= 11 is 1.56. The number of likely N-dealkylation sites (tertiary alicyclic amines) is 1. The number of hydrogen-bond donors (Lipinski definition) is 2. The molecule has 0 saturated carbocycles. The predicted molar refractivity (Wildman–Crippen MR) is 111 cm³/mol. The molecule has 2 unspecified atom stereocenters. The number of rotatable bonds is 4. The van der Waals surface area contributed by atoms with Gasteiger partial charge in [0.15, 0.2) is 0 Å². The minimum atomic E-state index is -0.227. The molecule has 0 bridgehead atoms. The number of aromatic nitrogens is 1. The Hall–Kier alpha value is -2.25. The molecule has 28 heavy (non-hydrogen) atoms. The number of carbonyl (C=O) groups excluding carboxylic acids is 2. The number of thiophene rings is 1. The zero-order chi connectivity index (χ0) is 19.7. The highest BCUT2D eigenvalue weighted by atomic mass is 32.1. The van der Waals surface area contributed by atoms with Gasteiger partial charge in [0.2, 0.25) is 0 Å². The normalized spacial score (nSPS) is 21.4. The van der Waals surface area contributed by atoms with Gasteiger partial charge in [0.25, 0.3) is 11.8 Å². The Morgan fingerprint density at radius 1 is 1.36 bits per heavy atom. The van der Waals surface area contributed by atoms with Crippen LogP contribution < -0.4 is 11.1 Å². The van der Waals surface area contributed by atoms with Gasteiger partial charge in [-0.2, -0.15) is 0 Å². The molecule has 3 heterocycles. The van der Waals surface area contributed by atoms with E-state index in [1.807, 2.05) is 4.90 Å². The van der Waals surface area contributed by atoms with Crippen molar-refractivity contribution in [2.45, 2.75) is 45.1 Å². The van der Waals surface area contributed by atoms with E-state index in [0.717, 1.165) is 37.7 Å². The van der Waals surface area contributed by atoms with Crippen LogP contribution in [0.25, 0.3) is 0 Å². The van der Waals surface area contributed by atoms with Crippen LogP contribution in [0.1, 0.15) is 57.3 Å². The number of aryl methyl sites for hydroxylation is 1. The molecule has 0 aromatic carbocycles. The van der Waals surface area contributed by atoms with Gasteiger partial charge in [-0.25, -0.2) is 0 Å². The minimum Gasteiger partial charge on any atom is -0.336 e.